The lowest BCUT2D eigenvalue weighted by molar-refractivity contribution is 0.0951. The lowest BCUT2D eigenvalue weighted by atomic mass is 9.69. The highest BCUT2D eigenvalue weighted by molar-refractivity contribution is 6.30. The van der Waals surface area contributed by atoms with E-state index in [-0.39, 0.29) is 5.78 Å². The number of carbonyl (C=O) groups is 1. The van der Waals surface area contributed by atoms with Gasteiger partial charge in [-0.1, -0.05) is 66.2 Å². The molecule has 0 aliphatic carbocycles. The van der Waals surface area contributed by atoms with Crippen LogP contribution in [0.4, 0.5) is 10.1 Å². The minimum Gasteiger partial charge on any atom is -0.351 e. The molecule has 1 fully saturated rings. The molecular formula is C27H17ClFN3O. The Kier molecular flexibility index (Phi) is 5.01. The number of anilines is 1. The molecule has 0 spiro atoms. The highest BCUT2D eigenvalue weighted by Crippen LogP contribution is 2.55. The summed E-state index contributed by atoms with van der Waals surface area (Å²) in [5.41, 5.74) is 0.993. The highest BCUT2D eigenvalue weighted by Gasteiger charge is 2.63. The summed E-state index contributed by atoms with van der Waals surface area (Å²) in [6, 6.07) is 22.8. The fourth-order valence-corrected chi connectivity index (χ4v) is 5.26. The van der Waals surface area contributed by atoms with Crippen molar-refractivity contribution >= 4 is 29.1 Å². The van der Waals surface area contributed by atoms with Gasteiger partial charge in [-0.25, -0.2) is 4.39 Å². The smallest absolute Gasteiger partial charge is 0.185 e. The van der Waals surface area contributed by atoms with Crippen molar-refractivity contribution in [3.63, 3.8) is 0 Å². The van der Waals surface area contributed by atoms with Crippen LogP contribution in [-0.2, 0) is 0 Å². The maximum absolute atomic E-state index is 14.0. The van der Waals surface area contributed by atoms with Crippen molar-refractivity contribution in [1.82, 2.24) is 0 Å². The zero-order valence-corrected chi connectivity index (χ0v) is 18.1. The quantitative estimate of drug-likeness (QED) is 0.472. The number of fused-ring (bicyclic) bond motifs is 3. The Labute approximate surface area is 195 Å². The molecule has 5 rings (SSSR count). The third kappa shape index (κ3) is 3.13. The number of benzene rings is 3. The molecule has 3 aromatic rings. The molecule has 0 bridgehead atoms. The molecule has 2 aliphatic rings. The zero-order valence-electron chi connectivity index (χ0n) is 17.3. The van der Waals surface area contributed by atoms with E-state index in [4.69, 9.17) is 11.6 Å². The minimum atomic E-state index is -1.57. The minimum absolute atomic E-state index is 0.210. The first-order valence-electron chi connectivity index (χ1n) is 10.4. The van der Waals surface area contributed by atoms with E-state index in [1.54, 1.807) is 54.6 Å². The van der Waals surface area contributed by atoms with Crippen molar-refractivity contribution in [3.05, 3.63) is 106 Å². The fourth-order valence-electron chi connectivity index (χ4n) is 5.08. The number of nitriles is 2. The molecule has 0 radical (unpaired) electrons. The number of carbonyl (C=O) groups excluding carboxylic acids is 1. The van der Waals surface area contributed by atoms with E-state index in [0.717, 1.165) is 11.3 Å². The van der Waals surface area contributed by atoms with Gasteiger partial charge in [0.2, 0.25) is 0 Å². The number of nitrogens with zero attached hydrogens (tertiary/aromatic N) is 3. The largest absolute Gasteiger partial charge is 0.351 e. The van der Waals surface area contributed by atoms with Crippen LogP contribution in [0.15, 0.2) is 78.9 Å². The number of hydrogen-bond acceptors (Lipinski definition) is 4. The Bertz CT molecular complexity index is 1340. The van der Waals surface area contributed by atoms with Gasteiger partial charge in [0.1, 0.15) is 11.9 Å². The van der Waals surface area contributed by atoms with Crippen LogP contribution < -0.4 is 4.90 Å². The summed E-state index contributed by atoms with van der Waals surface area (Å²) in [5, 5.41) is 21.3. The van der Waals surface area contributed by atoms with Crippen molar-refractivity contribution in [1.29, 1.82) is 10.5 Å². The van der Waals surface area contributed by atoms with Crippen LogP contribution in [-0.4, -0.2) is 17.9 Å². The predicted molar refractivity (Wildman–Crippen MR) is 124 cm³/mol. The van der Waals surface area contributed by atoms with Gasteiger partial charge in [-0.05, 0) is 41.5 Å². The van der Waals surface area contributed by atoms with E-state index in [9.17, 15) is 19.7 Å². The zero-order chi connectivity index (χ0) is 23.2. The van der Waals surface area contributed by atoms with E-state index in [0.29, 0.717) is 16.1 Å². The summed E-state index contributed by atoms with van der Waals surface area (Å²) >= 11 is 6.20. The summed E-state index contributed by atoms with van der Waals surface area (Å²) < 4.78 is 13.8. The normalized spacial score (nSPS) is 22.1. The molecule has 33 heavy (non-hydrogen) atoms. The summed E-state index contributed by atoms with van der Waals surface area (Å²) in [4.78, 5) is 15.8. The lowest BCUT2D eigenvalue weighted by Gasteiger charge is -2.35. The van der Waals surface area contributed by atoms with Gasteiger partial charge < -0.3 is 4.90 Å². The van der Waals surface area contributed by atoms with Gasteiger partial charge in [-0.15, -0.1) is 0 Å². The SMILES string of the molecule is N#CC1(C#N)[C@H](c2ccc(F)cc2)[C@H](C(=O)c2ccccc2)N2c3ccc(Cl)cc3C=C[C@@H]21. The Balaban J connectivity index is 1.79. The van der Waals surface area contributed by atoms with Crippen LogP contribution in [0.3, 0.4) is 0 Å². The van der Waals surface area contributed by atoms with Crippen molar-refractivity contribution in [2.75, 3.05) is 4.90 Å². The second kappa shape index (κ2) is 7.89. The third-order valence-electron chi connectivity index (χ3n) is 6.52. The van der Waals surface area contributed by atoms with E-state index < -0.39 is 29.2 Å². The maximum atomic E-state index is 14.0. The lowest BCUT2D eigenvalue weighted by Crippen LogP contribution is -2.44. The van der Waals surface area contributed by atoms with Gasteiger partial charge in [0, 0.05) is 22.2 Å². The van der Waals surface area contributed by atoms with Crippen molar-refractivity contribution in [2.24, 2.45) is 5.41 Å². The predicted octanol–water partition coefficient (Wildman–Crippen LogP) is 5.76. The molecule has 0 aromatic heterocycles. The molecule has 0 N–H and O–H groups in total. The van der Waals surface area contributed by atoms with Crippen LogP contribution in [0.5, 0.6) is 0 Å². The van der Waals surface area contributed by atoms with Crippen LogP contribution in [0.2, 0.25) is 5.02 Å². The van der Waals surface area contributed by atoms with Gasteiger partial charge in [0.25, 0.3) is 0 Å². The topological polar surface area (TPSA) is 67.9 Å². The number of rotatable bonds is 3. The monoisotopic (exact) mass is 453 g/mol. The molecular weight excluding hydrogens is 437 g/mol. The molecule has 0 amide bonds. The third-order valence-corrected chi connectivity index (χ3v) is 6.76. The molecule has 2 heterocycles. The molecule has 6 heteroatoms. The van der Waals surface area contributed by atoms with Crippen molar-refractivity contribution < 1.29 is 9.18 Å². The van der Waals surface area contributed by atoms with Crippen molar-refractivity contribution in [3.8, 4) is 12.1 Å². The Hall–Kier alpha value is -3.93. The molecule has 3 aromatic carbocycles. The Morgan fingerprint density at radius 1 is 1.00 bits per heavy atom. The second-order valence-electron chi connectivity index (χ2n) is 8.21. The average molecular weight is 454 g/mol. The number of halogens is 2. The molecule has 1 saturated heterocycles. The number of Topliss-reactive ketones (excluding diaryl/α,β-unsaturated/α-hetero) is 1. The first kappa shape index (κ1) is 20.9. The maximum Gasteiger partial charge on any atom is 0.185 e. The Morgan fingerprint density at radius 2 is 1.70 bits per heavy atom. The van der Waals surface area contributed by atoms with E-state index in [1.807, 2.05) is 23.1 Å². The van der Waals surface area contributed by atoms with Gasteiger partial charge in [0.05, 0.1) is 18.2 Å². The summed E-state index contributed by atoms with van der Waals surface area (Å²) in [6.07, 6.45) is 3.63. The van der Waals surface area contributed by atoms with E-state index in [2.05, 4.69) is 12.1 Å². The van der Waals surface area contributed by atoms with E-state index >= 15 is 0 Å². The molecule has 160 valence electrons. The van der Waals surface area contributed by atoms with Gasteiger partial charge in [0.15, 0.2) is 11.2 Å². The van der Waals surface area contributed by atoms with Gasteiger partial charge >= 0.3 is 0 Å². The van der Waals surface area contributed by atoms with Crippen LogP contribution in [0.25, 0.3) is 6.08 Å². The van der Waals surface area contributed by atoms with Crippen LogP contribution >= 0.6 is 11.6 Å². The first-order valence-corrected chi connectivity index (χ1v) is 10.8. The van der Waals surface area contributed by atoms with Crippen LogP contribution in [0.1, 0.15) is 27.4 Å². The summed E-state index contributed by atoms with van der Waals surface area (Å²) in [6.45, 7) is 0. The van der Waals surface area contributed by atoms with Crippen LogP contribution in [0, 0.1) is 33.9 Å². The summed E-state index contributed by atoms with van der Waals surface area (Å²) in [5.74, 6) is -1.45. The standard InChI is InChI=1S/C27H17ClFN3O/c28-20-9-12-22-19(14-20)8-13-23-27(15-30,16-31)24(17-6-10-21(29)11-7-17)25(32(22)23)26(33)18-4-2-1-3-5-18/h1-14,23-25H/t23-,24-,25-/m1/s1. The number of hydrogen-bond donors (Lipinski definition) is 0. The molecule has 0 saturated carbocycles. The van der Waals surface area contributed by atoms with E-state index in [1.165, 1.54) is 12.1 Å². The Morgan fingerprint density at radius 3 is 2.36 bits per heavy atom. The molecule has 3 atom stereocenters. The molecule has 0 unspecified atom stereocenters. The average Bonchev–Trinajstić information content (AvgIpc) is 3.15. The van der Waals surface area contributed by atoms with Gasteiger partial charge in [-0.2, -0.15) is 10.5 Å². The van der Waals surface area contributed by atoms with Gasteiger partial charge in [-0.3, -0.25) is 4.79 Å². The summed E-state index contributed by atoms with van der Waals surface area (Å²) in [7, 11) is 0. The highest BCUT2D eigenvalue weighted by atomic mass is 35.5. The fraction of sp³-hybridized carbons (Fsp3) is 0.148. The molecule has 4 nitrogen and oxygen atoms in total. The first-order chi connectivity index (χ1) is 16.0. The molecule has 2 aliphatic heterocycles. The second-order valence-corrected chi connectivity index (χ2v) is 8.65. The number of ketones is 1. The van der Waals surface area contributed by atoms with Crippen molar-refractivity contribution in [2.45, 2.75) is 18.0 Å².